The molecule has 1 unspecified atom stereocenters. The minimum Gasteiger partial charge on any atom is -0.345 e. The lowest BCUT2D eigenvalue weighted by Crippen LogP contribution is -2.33. The van der Waals surface area contributed by atoms with Crippen molar-refractivity contribution in [2.75, 3.05) is 0 Å². The second kappa shape index (κ2) is 8.36. The number of hydrogen-bond acceptors (Lipinski definition) is 3. The van der Waals surface area contributed by atoms with Gasteiger partial charge in [0.2, 0.25) is 10.0 Å². The smallest absolute Gasteiger partial charge is 0.251 e. The van der Waals surface area contributed by atoms with Crippen LogP contribution in [-0.2, 0) is 10.0 Å². The molecule has 1 aliphatic carbocycles. The molecule has 150 valence electrons. The highest BCUT2D eigenvalue weighted by molar-refractivity contribution is 7.89. The molecule has 0 heterocycles. The molecule has 0 radical (unpaired) electrons. The number of amides is 1. The van der Waals surface area contributed by atoms with E-state index >= 15 is 0 Å². The van der Waals surface area contributed by atoms with Crippen molar-refractivity contribution in [3.05, 3.63) is 65.2 Å². The van der Waals surface area contributed by atoms with Crippen LogP contribution in [0.25, 0.3) is 0 Å². The fourth-order valence-electron chi connectivity index (χ4n) is 3.35. The van der Waals surface area contributed by atoms with Crippen LogP contribution in [-0.4, -0.2) is 20.4 Å². The molecule has 2 aromatic rings. The van der Waals surface area contributed by atoms with E-state index in [1.54, 1.807) is 6.92 Å². The predicted octanol–water partition coefficient (Wildman–Crippen LogP) is 3.68. The van der Waals surface area contributed by atoms with E-state index in [-0.39, 0.29) is 22.1 Å². The fraction of sp³-hybridized carbons (Fsp3) is 0.350. The number of rotatable bonds is 6. The van der Waals surface area contributed by atoms with Gasteiger partial charge in [-0.15, -0.1) is 0 Å². The average molecular weight is 408 g/mol. The minimum absolute atomic E-state index is 0.00710. The first-order valence-corrected chi connectivity index (χ1v) is 10.6. The van der Waals surface area contributed by atoms with Crippen LogP contribution in [0.5, 0.6) is 0 Å². The number of carbonyl (C=O) groups is 1. The van der Waals surface area contributed by atoms with Crippen LogP contribution in [0.2, 0.25) is 0 Å². The van der Waals surface area contributed by atoms with E-state index in [9.17, 15) is 22.0 Å². The molecule has 5 nitrogen and oxygen atoms in total. The normalized spacial score (nSPS) is 16.1. The molecular formula is C20H22F2N2O3S. The standard InChI is InChI=1S/C20H22F2N2O3S/c1-13(18-10-9-15(21)12-19(18)22)23-20(25)14-5-4-8-17(11-14)28(26,27)24-16-6-2-3-7-16/h4-5,8-13,16,24H,2-3,6-7H2,1H3,(H,23,25). The third kappa shape index (κ3) is 4.74. The summed E-state index contributed by atoms with van der Waals surface area (Å²) in [6.45, 7) is 1.57. The number of carbonyl (C=O) groups excluding carboxylic acids is 1. The summed E-state index contributed by atoms with van der Waals surface area (Å²) in [5, 5.41) is 2.61. The minimum atomic E-state index is -3.72. The van der Waals surface area contributed by atoms with Crippen LogP contribution >= 0.6 is 0 Å². The molecule has 2 aromatic carbocycles. The Morgan fingerprint density at radius 2 is 1.82 bits per heavy atom. The highest BCUT2D eigenvalue weighted by Crippen LogP contribution is 2.22. The van der Waals surface area contributed by atoms with Crippen molar-refractivity contribution < 1.29 is 22.0 Å². The molecular weight excluding hydrogens is 386 g/mol. The Kier molecular flexibility index (Phi) is 6.10. The van der Waals surface area contributed by atoms with E-state index in [4.69, 9.17) is 0 Å². The zero-order valence-electron chi connectivity index (χ0n) is 15.4. The molecule has 1 aliphatic rings. The third-order valence-corrected chi connectivity index (χ3v) is 6.38. The molecule has 1 atom stereocenters. The highest BCUT2D eigenvalue weighted by atomic mass is 32.2. The fourth-order valence-corrected chi connectivity index (χ4v) is 4.70. The molecule has 2 N–H and O–H groups in total. The van der Waals surface area contributed by atoms with Gasteiger partial charge in [0.1, 0.15) is 11.6 Å². The number of hydrogen-bond donors (Lipinski definition) is 2. The molecule has 0 saturated heterocycles. The highest BCUT2D eigenvalue weighted by Gasteiger charge is 2.24. The molecule has 0 spiro atoms. The summed E-state index contributed by atoms with van der Waals surface area (Å²) in [5.74, 6) is -2.01. The van der Waals surface area contributed by atoms with Crippen molar-refractivity contribution in [3.63, 3.8) is 0 Å². The first kappa shape index (κ1) is 20.4. The summed E-state index contributed by atoms with van der Waals surface area (Å²) in [6.07, 6.45) is 3.60. The lowest BCUT2D eigenvalue weighted by atomic mass is 10.1. The van der Waals surface area contributed by atoms with Gasteiger partial charge in [0.05, 0.1) is 10.9 Å². The molecule has 0 aliphatic heterocycles. The number of sulfonamides is 1. The van der Waals surface area contributed by atoms with Gasteiger partial charge >= 0.3 is 0 Å². The zero-order chi connectivity index (χ0) is 20.3. The van der Waals surface area contributed by atoms with Gasteiger partial charge in [-0.2, -0.15) is 0 Å². The van der Waals surface area contributed by atoms with Gasteiger partial charge in [0.15, 0.2) is 0 Å². The van der Waals surface area contributed by atoms with Crippen LogP contribution in [0.4, 0.5) is 8.78 Å². The Labute approximate surface area is 163 Å². The van der Waals surface area contributed by atoms with E-state index in [2.05, 4.69) is 10.0 Å². The second-order valence-corrected chi connectivity index (χ2v) is 8.71. The predicted molar refractivity (Wildman–Crippen MR) is 101 cm³/mol. The van der Waals surface area contributed by atoms with Gasteiger partial charge in [-0.3, -0.25) is 4.79 Å². The largest absolute Gasteiger partial charge is 0.345 e. The maximum Gasteiger partial charge on any atom is 0.251 e. The van der Waals surface area contributed by atoms with Gasteiger partial charge in [0, 0.05) is 23.2 Å². The van der Waals surface area contributed by atoms with Crippen LogP contribution < -0.4 is 10.0 Å². The number of nitrogens with one attached hydrogen (secondary N) is 2. The van der Waals surface area contributed by atoms with E-state index in [1.807, 2.05) is 0 Å². The van der Waals surface area contributed by atoms with Crippen molar-refractivity contribution in [3.8, 4) is 0 Å². The summed E-state index contributed by atoms with van der Waals surface area (Å²) in [6, 6.07) is 8.02. The maximum atomic E-state index is 13.9. The SMILES string of the molecule is CC(NC(=O)c1cccc(S(=O)(=O)NC2CCCC2)c1)c1ccc(F)cc1F. The molecule has 1 saturated carbocycles. The topological polar surface area (TPSA) is 75.3 Å². The van der Waals surface area contributed by atoms with Gasteiger partial charge in [0.25, 0.3) is 5.91 Å². The summed E-state index contributed by atoms with van der Waals surface area (Å²) in [5.41, 5.74) is 0.282. The first-order valence-electron chi connectivity index (χ1n) is 9.14. The summed E-state index contributed by atoms with van der Waals surface area (Å²) >= 11 is 0. The van der Waals surface area contributed by atoms with Gasteiger partial charge in [-0.1, -0.05) is 25.0 Å². The summed E-state index contributed by atoms with van der Waals surface area (Å²) in [7, 11) is -3.72. The molecule has 3 rings (SSSR count). The molecule has 0 aromatic heterocycles. The van der Waals surface area contributed by atoms with Crippen molar-refractivity contribution in [2.45, 2.75) is 49.6 Å². The van der Waals surface area contributed by atoms with Gasteiger partial charge < -0.3 is 5.32 Å². The van der Waals surface area contributed by atoms with Gasteiger partial charge in [-0.05, 0) is 44.0 Å². The molecule has 8 heteroatoms. The maximum absolute atomic E-state index is 13.9. The Hall–Kier alpha value is -2.32. The Bertz CT molecular complexity index is 973. The molecule has 1 amide bonds. The quantitative estimate of drug-likeness (QED) is 0.766. The Morgan fingerprint density at radius 3 is 2.50 bits per heavy atom. The Morgan fingerprint density at radius 1 is 1.11 bits per heavy atom. The second-order valence-electron chi connectivity index (χ2n) is 6.99. The van der Waals surface area contributed by atoms with E-state index in [0.29, 0.717) is 0 Å². The zero-order valence-corrected chi connectivity index (χ0v) is 16.2. The lowest BCUT2D eigenvalue weighted by molar-refractivity contribution is 0.0939. The molecule has 0 bridgehead atoms. The first-order chi connectivity index (χ1) is 13.3. The third-order valence-electron chi connectivity index (χ3n) is 4.86. The van der Waals surface area contributed by atoms with E-state index < -0.39 is 33.6 Å². The number of halogens is 2. The van der Waals surface area contributed by atoms with Crippen molar-refractivity contribution in [1.29, 1.82) is 0 Å². The van der Waals surface area contributed by atoms with Crippen LogP contribution in [0.15, 0.2) is 47.4 Å². The average Bonchev–Trinajstić information content (AvgIpc) is 3.14. The van der Waals surface area contributed by atoms with Crippen LogP contribution in [0, 0.1) is 11.6 Å². The van der Waals surface area contributed by atoms with Crippen LogP contribution in [0.3, 0.4) is 0 Å². The van der Waals surface area contributed by atoms with Crippen molar-refractivity contribution in [2.24, 2.45) is 0 Å². The lowest BCUT2D eigenvalue weighted by Gasteiger charge is -2.16. The van der Waals surface area contributed by atoms with Crippen LogP contribution in [0.1, 0.15) is 54.6 Å². The Balaban J connectivity index is 1.74. The van der Waals surface area contributed by atoms with E-state index in [1.165, 1.54) is 30.3 Å². The van der Waals surface area contributed by atoms with E-state index in [0.717, 1.165) is 37.8 Å². The molecule has 1 fully saturated rings. The van der Waals surface area contributed by atoms with Crippen molar-refractivity contribution in [1.82, 2.24) is 10.0 Å². The van der Waals surface area contributed by atoms with Gasteiger partial charge in [-0.25, -0.2) is 21.9 Å². The van der Waals surface area contributed by atoms with Crippen molar-refractivity contribution >= 4 is 15.9 Å². The summed E-state index contributed by atoms with van der Waals surface area (Å²) in [4.78, 5) is 12.5. The number of benzene rings is 2. The summed E-state index contributed by atoms with van der Waals surface area (Å²) < 4.78 is 54.7. The monoisotopic (exact) mass is 408 g/mol. The molecule has 28 heavy (non-hydrogen) atoms.